The molecular formula is H6N4O4. The first-order chi connectivity index (χ1) is 3.83. The van der Waals surface area contributed by atoms with Crippen LogP contribution >= 0.6 is 0 Å². The zero-order chi connectivity index (χ0) is 7.41. The summed E-state index contributed by atoms with van der Waals surface area (Å²) < 4.78 is 0. The van der Waals surface area contributed by atoms with Crippen LogP contribution in [0.5, 0.6) is 0 Å². The number of nitrogens with two attached hydrogens (primary N) is 2. The first-order valence-corrected chi connectivity index (χ1v) is 1.10. The van der Waals surface area contributed by atoms with Gasteiger partial charge in [-0.1, -0.05) is 0 Å². The average molecular weight is 126 g/mol. The second kappa shape index (κ2) is 246. The van der Waals surface area contributed by atoms with Crippen molar-refractivity contribution in [3.63, 3.8) is 0 Å². The minimum Gasteiger partial charge on any atom is -0.379 e. The van der Waals surface area contributed by atoms with E-state index in [0.717, 1.165) is 0 Å². The van der Waals surface area contributed by atoms with E-state index in [-0.39, 0.29) is 0 Å². The number of hydrogen-bond donors (Lipinski definition) is 4. The maximum atomic E-state index is 8.11. The van der Waals surface area contributed by atoms with Gasteiger partial charge < -0.3 is 10.4 Å². The van der Waals surface area contributed by atoms with Crippen molar-refractivity contribution in [3.8, 4) is 0 Å². The summed E-state index contributed by atoms with van der Waals surface area (Å²) in [5, 5.41) is 15.8. The van der Waals surface area contributed by atoms with Crippen LogP contribution < -0.4 is 11.7 Å². The maximum Gasteiger partial charge on any atom is 0.152 e. The second-order valence-corrected chi connectivity index (χ2v) is 0.163. The van der Waals surface area contributed by atoms with Crippen molar-refractivity contribution in [2.45, 2.75) is 0 Å². The van der Waals surface area contributed by atoms with E-state index in [9.17, 15) is 0 Å². The number of nitrogens with zero attached hydrogens (tertiary/aromatic N) is 2. The van der Waals surface area contributed by atoms with Crippen LogP contribution in [0.3, 0.4) is 0 Å². The van der Waals surface area contributed by atoms with Crippen LogP contribution in [-0.4, -0.2) is 10.4 Å². The molecule has 0 radical (unpaired) electrons. The Bertz CT molecular complexity index is 29.0. The molecule has 0 spiro atoms. The molecule has 8 heteroatoms. The summed E-state index contributed by atoms with van der Waals surface area (Å²) in [4.78, 5) is 16.2. The highest BCUT2D eigenvalue weighted by Crippen LogP contribution is 1.25. The molecule has 0 amide bonds. The van der Waals surface area contributed by atoms with Crippen LogP contribution in [-0.2, 0) is 0 Å². The van der Waals surface area contributed by atoms with Crippen LogP contribution in [0.2, 0.25) is 0 Å². The minimum absolute atomic E-state index is 1.25. The number of hydrazine groups is 1. The number of hydrogen-bond acceptors (Lipinski definition) is 6. The van der Waals surface area contributed by atoms with Gasteiger partial charge in [0.2, 0.25) is 0 Å². The lowest BCUT2D eigenvalue weighted by atomic mass is 13.0. The van der Waals surface area contributed by atoms with Crippen molar-refractivity contribution in [1.29, 1.82) is 0 Å². The lowest BCUT2D eigenvalue weighted by Gasteiger charge is -1.32. The summed E-state index contributed by atoms with van der Waals surface area (Å²) >= 11 is 0. The fourth-order valence-electron chi connectivity index (χ4n) is 0. The molecule has 0 unspecified atom stereocenters. The normalized spacial score (nSPS) is 3.75. The summed E-state index contributed by atoms with van der Waals surface area (Å²) in [6, 6.07) is 0. The molecule has 0 aromatic carbocycles. The van der Waals surface area contributed by atoms with Gasteiger partial charge in [0, 0.05) is 0 Å². The van der Waals surface area contributed by atoms with Crippen LogP contribution in [0.15, 0.2) is 10.7 Å². The van der Waals surface area contributed by atoms with E-state index in [1.165, 1.54) is 10.7 Å². The van der Waals surface area contributed by atoms with E-state index in [4.69, 9.17) is 20.2 Å². The Labute approximate surface area is 43.9 Å². The van der Waals surface area contributed by atoms with Crippen molar-refractivity contribution < 1.29 is 10.4 Å². The fourth-order valence-corrected chi connectivity index (χ4v) is 0. The molecule has 0 rings (SSSR count). The van der Waals surface area contributed by atoms with Crippen LogP contribution in [0.1, 0.15) is 0 Å². The van der Waals surface area contributed by atoms with Gasteiger partial charge in [-0.15, -0.1) is 9.81 Å². The van der Waals surface area contributed by atoms with E-state index >= 15 is 0 Å². The second-order valence-electron chi connectivity index (χ2n) is 0.163. The number of rotatable bonds is 0. The van der Waals surface area contributed by atoms with Gasteiger partial charge in [0.05, 0.1) is 0 Å². The molecule has 0 saturated carbocycles. The molecule has 8 heavy (non-hydrogen) atoms. The van der Waals surface area contributed by atoms with Gasteiger partial charge in [0.25, 0.3) is 0 Å². The van der Waals surface area contributed by atoms with Crippen LogP contribution in [0, 0.1) is 9.81 Å². The van der Waals surface area contributed by atoms with Gasteiger partial charge in [-0.05, 0) is 0 Å². The highest BCUT2D eigenvalue weighted by molar-refractivity contribution is 3.84. The molecule has 50 valence electrons. The Balaban J connectivity index is -0.0000000483. The van der Waals surface area contributed by atoms with Gasteiger partial charge in [0.1, 0.15) is 0 Å². The predicted octanol–water partition coefficient (Wildman–Crippen LogP) is -0.897. The van der Waals surface area contributed by atoms with E-state index in [0.29, 0.717) is 0 Å². The molecule has 0 aromatic rings. The Hall–Kier alpha value is -1.28. The van der Waals surface area contributed by atoms with E-state index in [2.05, 4.69) is 11.7 Å². The zero-order valence-corrected chi connectivity index (χ0v) is 3.76. The Morgan fingerprint density at radius 3 is 1.00 bits per heavy atom. The summed E-state index contributed by atoms with van der Waals surface area (Å²) in [5.74, 6) is 8.00. The van der Waals surface area contributed by atoms with Gasteiger partial charge in [-0.25, -0.2) is 0 Å². The third-order valence-electron chi connectivity index (χ3n) is 0. The molecule has 0 aliphatic rings. The molecule has 6 N–H and O–H groups in total. The van der Waals surface area contributed by atoms with E-state index in [1.54, 1.807) is 0 Å². The highest BCUT2D eigenvalue weighted by atomic mass is 16.6. The summed E-state index contributed by atoms with van der Waals surface area (Å²) in [7, 11) is 0. The quantitative estimate of drug-likeness (QED) is 0.187. The Morgan fingerprint density at radius 2 is 1.00 bits per heavy atom. The first kappa shape index (κ1) is 15.9. The Morgan fingerprint density at radius 1 is 1.00 bits per heavy atom. The van der Waals surface area contributed by atoms with Gasteiger partial charge in [-0.2, -0.15) is 0 Å². The summed E-state index contributed by atoms with van der Waals surface area (Å²) in [6.07, 6.45) is 0. The van der Waals surface area contributed by atoms with Crippen molar-refractivity contribution in [1.82, 2.24) is 0 Å². The van der Waals surface area contributed by atoms with Crippen molar-refractivity contribution >= 4 is 0 Å². The van der Waals surface area contributed by atoms with E-state index in [1.807, 2.05) is 0 Å². The SMILES string of the molecule is NN.O=NO.O=NO. The molecule has 0 heterocycles. The van der Waals surface area contributed by atoms with Gasteiger partial charge in [-0.3, -0.25) is 11.7 Å². The summed E-state index contributed by atoms with van der Waals surface area (Å²) in [5.41, 5.74) is 0. The minimum atomic E-state index is 1.25. The van der Waals surface area contributed by atoms with Gasteiger partial charge >= 0.3 is 0 Å². The van der Waals surface area contributed by atoms with Crippen molar-refractivity contribution in [2.75, 3.05) is 0 Å². The molecule has 0 aromatic heterocycles. The highest BCUT2D eigenvalue weighted by Gasteiger charge is 1.18. The molecular weight excluding hydrogens is 120 g/mol. The van der Waals surface area contributed by atoms with Crippen LogP contribution in [0.4, 0.5) is 0 Å². The third kappa shape index (κ3) is 39.9. The molecule has 0 bridgehead atoms. The Kier molecular flexibility index (Phi) is 488. The van der Waals surface area contributed by atoms with Crippen molar-refractivity contribution in [2.24, 2.45) is 22.4 Å². The lowest BCUT2D eigenvalue weighted by Crippen LogP contribution is -2.02. The topological polar surface area (TPSA) is 151 Å². The fraction of sp³-hybridized carbons (Fsp3) is 0. The maximum absolute atomic E-state index is 8.11. The third-order valence-corrected chi connectivity index (χ3v) is 0. The molecule has 0 atom stereocenters. The van der Waals surface area contributed by atoms with E-state index < -0.39 is 0 Å². The smallest absolute Gasteiger partial charge is 0.152 e. The summed E-state index contributed by atoms with van der Waals surface area (Å²) in [6.45, 7) is 0. The standard InChI is InChI=1S/H4N2.2HNO2/c1-2;2*2-1-3/h1-2H2;2*(H,2,3). The molecule has 0 aliphatic heterocycles. The van der Waals surface area contributed by atoms with Gasteiger partial charge in [0.15, 0.2) is 10.7 Å². The molecule has 0 saturated heterocycles. The monoisotopic (exact) mass is 126 g/mol. The predicted molar refractivity (Wildman–Crippen MR) is 23.5 cm³/mol. The van der Waals surface area contributed by atoms with Crippen LogP contribution in [0.25, 0.3) is 0 Å². The molecule has 0 aliphatic carbocycles. The van der Waals surface area contributed by atoms with Crippen molar-refractivity contribution in [3.05, 3.63) is 9.81 Å². The molecule has 8 nitrogen and oxygen atoms in total. The zero-order valence-electron chi connectivity index (χ0n) is 3.76. The largest absolute Gasteiger partial charge is 0.379 e. The first-order valence-electron chi connectivity index (χ1n) is 1.10. The lowest BCUT2D eigenvalue weighted by molar-refractivity contribution is 0.312. The average Bonchev–Trinajstić information content (AvgIpc) is 1.75. The molecule has 0 fully saturated rings.